The van der Waals surface area contributed by atoms with Crippen LogP contribution in [0.4, 0.5) is 0 Å². The molecule has 2 saturated carbocycles. The molecule has 1 spiro atoms. The third-order valence-corrected chi connectivity index (χ3v) is 4.91. The lowest BCUT2D eigenvalue weighted by atomic mass is 10.0. The molecular weight excluding hydrogens is 218 g/mol. The molecule has 94 valence electrons. The molecule has 4 rings (SSSR count). The molecule has 2 aliphatic heterocycles. The van der Waals surface area contributed by atoms with Crippen molar-refractivity contribution >= 4 is 5.91 Å². The molecule has 2 unspecified atom stereocenters. The topological polar surface area (TPSA) is 38.8 Å². The van der Waals surface area contributed by atoms with Crippen LogP contribution in [-0.4, -0.2) is 42.9 Å². The first-order valence-corrected chi connectivity index (χ1v) is 6.82. The predicted molar refractivity (Wildman–Crippen MR) is 60.2 cm³/mol. The summed E-state index contributed by atoms with van der Waals surface area (Å²) in [6, 6.07) is 0. The maximum atomic E-state index is 12.4. The minimum absolute atomic E-state index is 0.301. The van der Waals surface area contributed by atoms with E-state index >= 15 is 0 Å². The molecule has 0 radical (unpaired) electrons. The van der Waals surface area contributed by atoms with Gasteiger partial charge in [-0.2, -0.15) is 0 Å². The highest BCUT2D eigenvalue weighted by atomic mass is 16.7. The Hall–Kier alpha value is -0.610. The van der Waals surface area contributed by atoms with Crippen molar-refractivity contribution in [1.29, 1.82) is 0 Å². The zero-order valence-corrected chi connectivity index (χ0v) is 10.1. The third kappa shape index (κ3) is 1.61. The van der Waals surface area contributed by atoms with Gasteiger partial charge in [-0.25, -0.2) is 0 Å². The first kappa shape index (κ1) is 10.3. The van der Waals surface area contributed by atoms with Crippen LogP contribution < -0.4 is 0 Å². The first-order valence-electron chi connectivity index (χ1n) is 6.82. The van der Waals surface area contributed by atoms with E-state index in [1.165, 1.54) is 6.42 Å². The van der Waals surface area contributed by atoms with Crippen molar-refractivity contribution in [2.75, 3.05) is 26.3 Å². The molecule has 0 aromatic carbocycles. The number of ether oxygens (including phenoxy) is 2. The Labute approximate surface area is 101 Å². The van der Waals surface area contributed by atoms with E-state index in [0.29, 0.717) is 31.6 Å². The van der Waals surface area contributed by atoms with E-state index in [-0.39, 0.29) is 0 Å². The summed E-state index contributed by atoms with van der Waals surface area (Å²) in [5, 5.41) is 0. The minimum Gasteiger partial charge on any atom is -0.346 e. The smallest absolute Gasteiger partial charge is 0.225 e. The lowest BCUT2D eigenvalue weighted by Gasteiger charge is -2.24. The number of carbonyl (C=O) groups is 1. The highest BCUT2D eigenvalue weighted by Crippen LogP contribution is 2.54. The molecule has 2 saturated heterocycles. The summed E-state index contributed by atoms with van der Waals surface area (Å²) in [5.41, 5.74) is 0. The van der Waals surface area contributed by atoms with Crippen LogP contribution in [0.3, 0.4) is 0 Å². The quantitative estimate of drug-likeness (QED) is 0.683. The van der Waals surface area contributed by atoms with Gasteiger partial charge in [0.2, 0.25) is 5.91 Å². The average Bonchev–Trinajstić information content (AvgIpc) is 2.84. The Morgan fingerprint density at radius 3 is 2.53 bits per heavy atom. The van der Waals surface area contributed by atoms with Crippen molar-refractivity contribution in [1.82, 2.24) is 4.90 Å². The van der Waals surface area contributed by atoms with E-state index in [2.05, 4.69) is 0 Å². The van der Waals surface area contributed by atoms with Gasteiger partial charge in [0.05, 0.1) is 19.8 Å². The number of nitrogens with zero attached hydrogens (tertiary/aromatic N) is 1. The van der Waals surface area contributed by atoms with Gasteiger partial charge in [-0.3, -0.25) is 4.79 Å². The fourth-order valence-corrected chi connectivity index (χ4v) is 3.85. The number of fused-ring (bicyclic) bond motifs is 1. The van der Waals surface area contributed by atoms with Gasteiger partial charge in [0, 0.05) is 18.9 Å². The second-order valence-corrected chi connectivity index (χ2v) is 6.04. The summed E-state index contributed by atoms with van der Waals surface area (Å²) in [6.45, 7) is 2.81. The molecule has 1 amide bonds. The van der Waals surface area contributed by atoms with E-state index in [9.17, 15) is 4.79 Å². The van der Waals surface area contributed by atoms with E-state index in [0.717, 1.165) is 37.6 Å². The van der Waals surface area contributed by atoms with E-state index < -0.39 is 5.79 Å². The molecule has 4 fully saturated rings. The molecule has 0 N–H and O–H groups in total. The molecule has 2 heterocycles. The standard InChI is InChI=1S/C13H19NO3/c15-12(11-6-9-5-10(9)7-11)14-2-1-13(8-14)16-3-4-17-13/h9-11H,1-8H2. The molecule has 4 aliphatic rings. The third-order valence-electron chi connectivity index (χ3n) is 4.91. The van der Waals surface area contributed by atoms with Crippen LogP contribution in [-0.2, 0) is 14.3 Å². The largest absolute Gasteiger partial charge is 0.346 e. The second-order valence-electron chi connectivity index (χ2n) is 6.04. The summed E-state index contributed by atoms with van der Waals surface area (Å²) in [6.07, 6.45) is 4.49. The van der Waals surface area contributed by atoms with Crippen LogP contribution in [0, 0.1) is 17.8 Å². The van der Waals surface area contributed by atoms with Gasteiger partial charge in [0.15, 0.2) is 5.79 Å². The lowest BCUT2D eigenvalue weighted by molar-refractivity contribution is -0.154. The monoisotopic (exact) mass is 237 g/mol. The fourth-order valence-electron chi connectivity index (χ4n) is 3.85. The van der Waals surface area contributed by atoms with Crippen LogP contribution in [0.1, 0.15) is 25.7 Å². The number of hydrogen-bond donors (Lipinski definition) is 0. The molecule has 2 atom stereocenters. The maximum absolute atomic E-state index is 12.4. The summed E-state index contributed by atoms with van der Waals surface area (Å²) < 4.78 is 11.3. The summed E-state index contributed by atoms with van der Waals surface area (Å²) >= 11 is 0. The van der Waals surface area contributed by atoms with Gasteiger partial charge >= 0.3 is 0 Å². The maximum Gasteiger partial charge on any atom is 0.225 e. The van der Waals surface area contributed by atoms with Crippen LogP contribution >= 0.6 is 0 Å². The zero-order valence-electron chi connectivity index (χ0n) is 10.1. The van der Waals surface area contributed by atoms with E-state index in [1.54, 1.807) is 0 Å². The zero-order chi connectivity index (χ0) is 11.5. The summed E-state index contributed by atoms with van der Waals surface area (Å²) in [5.74, 6) is 1.96. The first-order chi connectivity index (χ1) is 8.26. The number of carbonyl (C=O) groups excluding carboxylic acids is 1. The van der Waals surface area contributed by atoms with Crippen LogP contribution in [0.5, 0.6) is 0 Å². The fraction of sp³-hybridized carbons (Fsp3) is 0.923. The predicted octanol–water partition coefficient (Wildman–Crippen LogP) is 1.01. The van der Waals surface area contributed by atoms with E-state index in [1.807, 2.05) is 4.90 Å². The van der Waals surface area contributed by atoms with Gasteiger partial charge in [0.25, 0.3) is 0 Å². The van der Waals surface area contributed by atoms with Gasteiger partial charge in [-0.05, 0) is 31.1 Å². The molecule has 2 aliphatic carbocycles. The number of likely N-dealkylation sites (tertiary alicyclic amines) is 1. The van der Waals surface area contributed by atoms with Crippen molar-refractivity contribution < 1.29 is 14.3 Å². The Bertz CT molecular complexity index is 341. The van der Waals surface area contributed by atoms with Crippen LogP contribution in [0.2, 0.25) is 0 Å². The normalized spacial score (nSPS) is 42.1. The summed E-state index contributed by atoms with van der Waals surface area (Å²) in [7, 11) is 0. The highest BCUT2D eigenvalue weighted by Gasteiger charge is 2.51. The molecular formula is C13H19NO3. The molecule has 0 bridgehead atoms. The number of rotatable bonds is 1. The number of hydrogen-bond acceptors (Lipinski definition) is 3. The van der Waals surface area contributed by atoms with Crippen molar-refractivity contribution in [3.8, 4) is 0 Å². The highest BCUT2D eigenvalue weighted by molar-refractivity contribution is 5.79. The van der Waals surface area contributed by atoms with Crippen molar-refractivity contribution in [2.45, 2.75) is 31.5 Å². The second kappa shape index (κ2) is 3.45. The van der Waals surface area contributed by atoms with Crippen molar-refractivity contribution in [3.05, 3.63) is 0 Å². The number of amides is 1. The molecule has 4 heteroatoms. The average molecular weight is 237 g/mol. The SMILES string of the molecule is O=C(C1CC2CC2C1)N1CCC2(C1)OCCO2. The minimum atomic E-state index is -0.447. The van der Waals surface area contributed by atoms with Crippen LogP contribution in [0.15, 0.2) is 0 Å². The Morgan fingerprint density at radius 1 is 1.12 bits per heavy atom. The molecule has 4 nitrogen and oxygen atoms in total. The van der Waals surface area contributed by atoms with Gasteiger partial charge in [-0.1, -0.05) is 0 Å². The summed E-state index contributed by atoms with van der Waals surface area (Å²) in [4.78, 5) is 14.3. The van der Waals surface area contributed by atoms with Crippen molar-refractivity contribution in [3.63, 3.8) is 0 Å². The van der Waals surface area contributed by atoms with E-state index in [4.69, 9.17) is 9.47 Å². The van der Waals surface area contributed by atoms with Crippen LogP contribution in [0.25, 0.3) is 0 Å². The van der Waals surface area contributed by atoms with Gasteiger partial charge in [-0.15, -0.1) is 0 Å². The van der Waals surface area contributed by atoms with Gasteiger partial charge < -0.3 is 14.4 Å². The Kier molecular flexibility index (Phi) is 2.10. The Morgan fingerprint density at radius 2 is 1.82 bits per heavy atom. The van der Waals surface area contributed by atoms with Crippen molar-refractivity contribution in [2.24, 2.45) is 17.8 Å². The molecule has 0 aromatic heterocycles. The Balaban J connectivity index is 1.41. The van der Waals surface area contributed by atoms with Gasteiger partial charge in [0.1, 0.15) is 0 Å². The molecule has 0 aromatic rings. The lowest BCUT2D eigenvalue weighted by Crippen LogP contribution is -2.39. The molecule has 17 heavy (non-hydrogen) atoms.